The van der Waals surface area contributed by atoms with Gasteiger partial charge in [-0.3, -0.25) is 4.79 Å². The van der Waals surface area contributed by atoms with E-state index in [1.165, 1.54) is 6.07 Å². The van der Waals surface area contributed by atoms with Gasteiger partial charge in [0.2, 0.25) is 0 Å². The summed E-state index contributed by atoms with van der Waals surface area (Å²) in [5.74, 6) is -0.801. The minimum atomic E-state index is -0.833. The molecule has 0 saturated carbocycles. The first kappa shape index (κ1) is 32.8. The van der Waals surface area contributed by atoms with Crippen LogP contribution >= 0.6 is 0 Å². The molecule has 0 fully saturated rings. The third-order valence-corrected chi connectivity index (χ3v) is 5.22. The second-order valence-electron chi connectivity index (χ2n) is 8.55. The standard InChI is InChI=1S/C25H37N3O6.C2H4O2/c26-25(32)28-22-7-5-6-19(14-22)18-34-13-12-33-11-4-2-1-3-10-27-16-24(31)20-8-9-23(30)21(15-20)17-29;1-2(3)4/h5-9,14-15,24,27,29-31H,1-4,10-13,16-18H2,(H3,26,28,32);1H3,(H,3,4)/t24-;/m0./s1. The van der Waals surface area contributed by atoms with Gasteiger partial charge in [0.15, 0.2) is 0 Å². The number of benzene rings is 2. The van der Waals surface area contributed by atoms with E-state index < -0.39 is 18.1 Å². The van der Waals surface area contributed by atoms with Crippen molar-refractivity contribution in [1.82, 2.24) is 5.32 Å². The van der Waals surface area contributed by atoms with Gasteiger partial charge in [-0.2, -0.15) is 0 Å². The fraction of sp³-hybridized carbons (Fsp3) is 0.481. The number of unbranched alkanes of at least 4 members (excludes halogenated alkanes) is 3. The zero-order valence-corrected chi connectivity index (χ0v) is 21.9. The van der Waals surface area contributed by atoms with Crippen LogP contribution in [0, 0.1) is 0 Å². The van der Waals surface area contributed by atoms with Crippen LogP contribution < -0.4 is 16.4 Å². The maximum Gasteiger partial charge on any atom is 0.316 e. The number of nitrogens with one attached hydrogen (secondary N) is 2. The number of aliphatic carboxylic acids is 1. The minimum absolute atomic E-state index is 0.0321. The second-order valence-corrected chi connectivity index (χ2v) is 8.55. The summed E-state index contributed by atoms with van der Waals surface area (Å²) in [6.07, 6.45) is 3.46. The minimum Gasteiger partial charge on any atom is -0.508 e. The SMILES string of the molecule is CC(=O)O.NC(=O)Nc1cccc(COCCOCCCCCCNC[C@H](O)c2ccc(O)c(CO)c2)c1. The Kier molecular flexibility index (Phi) is 17.1. The summed E-state index contributed by atoms with van der Waals surface area (Å²) in [6.45, 7) is 4.23. The van der Waals surface area contributed by atoms with E-state index in [9.17, 15) is 20.1 Å². The Hall–Kier alpha value is -3.22. The summed E-state index contributed by atoms with van der Waals surface area (Å²) in [4.78, 5) is 19.9. The first-order chi connectivity index (χ1) is 18.2. The molecule has 0 saturated heterocycles. The highest BCUT2D eigenvalue weighted by Crippen LogP contribution is 2.22. The van der Waals surface area contributed by atoms with E-state index in [4.69, 9.17) is 25.1 Å². The molecule has 212 valence electrons. The van der Waals surface area contributed by atoms with Crippen molar-refractivity contribution in [2.45, 2.75) is 51.9 Å². The number of urea groups is 1. The lowest BCUT2D eigenvalue weighted by atomic mass is 10.1. The molecule has 0 aliphatic heterocycles. The maximum atomic E-state index is 10.9. The zero-order valence-electron chi connectivity index (χ0n) is 21.9. The molecule has 0 spiro atoms. The summed E-state index contributed by atoms with van der Waals surface area (Å²) >= 11 is 0. The van der Waals surface area contributed by atoms with Crippen molar-refractivity contribution in [3.05, 3.63) is 59.2 Å². The Morgan fingerprint density at radius 3 is 2.42 bits per heavy atom. The molecule has 0 unspecified atom stereocenters. The Morgan fingerprint density at radius 1 is 1.00 bits per heavy atom. The Labute approximate surface area is 223 Å². The quantitative estimate of drug-likeness (QED) is 0.150. The van der Waals surface area contributed by atoms with Crippen molar-refractivity contribution in [2.24, 2.45) is 5.73 Å². The van der Waals surface area contributed by atoms with Crippen molar-refractivity contribution in [2.75, 3.05) is 38.2 Å². The topological polar surface area (TPSA) is 184 Å². The van der Waals surface area contributed by atoms with Crippen LogP contribution in [0.4, 0.5) is 10.5 Å². The molecule has 8 N–H and O–H groups in total. The molecule has 0 aliphatic carbocycles. The Morgan fingerprint density at radius 2 is 1.71 bits per heavy atom. The maximum absolute atomic E-state index is 10.9. The number of phenols is 1. The highest BCUT2D eigenvalue weighted by atomic mass is 16.5. The number of ether oxygens (including phenoxy) is 2. The smallest absolute Gasteiger partial charge is 0.316 e. The molecule has 0 heterocycles. The van der Waals surface area contributed by atoms with Crippen molar-refractivity contribution in [1.29, 1.82) is 0 Å². The van der Waals surface area contributed by atoms with E-state index in [0.29, 0.717) is 49.8 Å². The number of nitrogens with two attached hydrogens (primary N) is 1. The molecule has 2 aromatic rings. The Bertz CT molecular complexity index is 954. The Balaban J connectivity index is 0.00000168. The van der Waals surface area contributed by atoms with Gasteiger partial charge in [-0.25, -0.2) is 4.79 Å². The molecule has 2 aromatic carbocycles. The highest BCUT2D eigenvalue weighted by Gasteiger charge is 2.09. The molecule has 0 bridgehead atoms. The average molecular weight is 536 g/mol. The lowest BCUT2D eigenvalue weighted by molar-refractivity contribution is -0.134. The van der Waals surface area contributed by atoms with Crippen LogP contribution in [0.1, 0.15) is 55.4 Å². The number of hydrogen-bond acceptors (Lipinski definition) is 8. The normalized spacial score (nSPS) is 11.3. The van der Waals surface area contributed by atoms with Crippen LogP contribution in [0.2, 0.25) is 0 Å². The van der Waals surface area contributed by atoms with Crippen molar-refractivity contribution in [3.8, 4) is 5.75 Å². The third kappa shape index (κ3) is 15.8. The number of aromatic hydroxyl groups is 1. The van der Waals surface area contributed by atoms with Gasteiger partial charge in [0, 0.05) is 31.3 Å². The van der Waals surface area contributed by atoms with Crippen LogP contribution in [0.25, 0.3) is 0 Å². The molecule has 11 heteroatoms. The van der Waals surface area contributed by atoms with Crippen LogP contribution in [0.5, 0.6) is 5.75 Å². The molecule has 0 radical (unpaired) electrons. The highest BCUT2D eigenvalue weighted by molar-refractivity contribution is 5.87. The van der Waals surface area contributed by atoms with Gasteiger partial charge >= 0.3 is 6.03 Å². The molecule has 0 aliphatic rings. The van der Waals surface area contributed by atoms with Gasteiger partial charge in [-0.1, -0.05) is 31.0 Å². The molecule has 1 atom stereocenters. The van der Waals surface area contributed by atoms with Gasteiger partial charge < -0.3 is 46.3 Å². The second kappa shape index (κ2) is 19.8. The number of amides is 2. The van der Waals surface area contributed by atoms with Crippen LogP contribution in [0.3, 0.4) is 0 Å². The van der Waals surface area contributed by atoms with Gasteiger partial charge in [-0.15, -0.1) is 0 Å². The summed E-state index contributed by atoms with van der Waals surface area (Å²) < 4.78 is 11.2. The van der Waals surface area contributed by atoms with Gasteiger partial charge in [0.1, 0.15) is 5.75 Å². The number of primary amides is 1. The number of carboxylic acid groups (broad SMARTS) is 1. The van der Waals surface area contributed by atoms with E-state index >= 15 is 0 Å². The van der Waals surface area contributed by atoms with Crippen molar-refractivity contribution >= 4 is 17.7 Å². The lowest BCUT2D eigenvalue weighted by Crippen LogP contribution is -2.22. The molecular weight excluding hydrogens is 494 g/mol. The molecule has 11 nitrogen and oxygen atoms in total. The van der Waals surface area contributed by atoms with Crippen molar-refractivity contribution in [3.63, 3.8) is 0 Å². The predicted molar refractivity (Wildman–Crippen MR) is 144 cm³/mol. The van der Waals surface area contributed by atoms with Crippen LogP contribution in [0.15, 0.2) is 42.5 Å². The summed E-state index contributed by atoms with van der Waals surface area (Å²) in [6, 6.07) is 11.5. The number of carbonyl (C=O) groups excluding carboxylic acids is 1. The summed E-state index contributed by atoms with van der Waals surface area (Å²) in [5.41, 5.74) is 7.79. The number of rotatable bonds is 17. The monoisotopic (exact) mass is 535 g/mol. The number of anilines is 1. The summed E-state index contributed by atoms with van der Waals surface area (Å²) in [7, 11) is 0. The molecule has 2 rings (SSSR count). The number of hydrogen-bond donors (Lipinski definition) is 7. The van der Waals surface area contributed by atoms with E-state index in [2.05, 4.69) is 10.6 Å². The fourth-order valence-electron chi connectivity index (χ4n) is 3.39. The van der Waals surface area contributed by atoms with Crippen molar-refractivity contribution < 1.29 is 39.5 Å². The largest absolute Gasteiger partial charge is 0.508 e. The van der Waals surface area contributed by atoms with Gasteiger partial charge in [0.05, 0.1) is 32.5 Å². The predicted octanol–water partition coefficient (Wildman–Crippen LogP) is 2.88. The molecule has 0 aromatic heterocycles. The van der Waals surface area contributed by atoms with Gasteiger partial charge in [0.25, 0.3) is 5.97 Å². The number of carboxylic acids is 1. The zero-order chi connectivity index (χ0) is 28.2. The fourth-order valence-corrected chi connectivity index (χ4v) is 3.39. The van der Waals surface area contributed by atoms with E-state index in [-0.39, 0.29) is 12.4 Å². The first-order valence-electron chi connectivity index (χ1n) is 12.5. The van der Waals surface area contributed by atoms with Crippen LogP contribution in [-0.4, -0.2) is 65.3 Å². The van der Waals surface area contributed by atoms with E-state index in [0.717, 1.165) is 44.7 Å². The van der Waals surface area contributed by atoms with E-state index in [1.54, 1.807) is 18.2 Å². The number of aliphatic hydroxyl groups excluding tert-OH is 2. The van der Waals surface area contributed by atoms with Crippen LogP contribution in [-0.2, 0) is 27.5 Å². The van der Waals surface area contributed by atoms with E-state index in [1.807, 2.05) is 18.2 Å². The molecule has 38 heavy (non-hydrogen) atoms. The number of carbonyl (C=O) groups is 2. The molecular formula is C27H41N3O8. The average Bonchev–Trinajstić information content (AvgIpc) is 2.86. The first-order valence-corrected chi connectivity index (χ1v) is 12.5. The molecule has 2 amide bonds. The lowest BCUT2D eigenvalue weighted by Gasteiger charge is -2.14. The van der Waals surface area contributed by atoms with Gasteiger partial charge in [-0.05, 0) is 54.8 Å². The third-order valence-electron chi connectivity index (χ3n) is 5.22. The summed E-state index contributed by atoms with van der Waals surface area (Å²) in [5, 5.41) is 42.2. The number of aliphatic hydroxyl groups is 2.